The SMILES string of the molecule is COc1cc(OC)c(C(O)CC(C)C(=O)O)cc1OC. The lowest BCUT2D eigenvalue weighted by Gasteiger charge is -2.19. The molecule has 2 atom stereocenters. The number of aliphatic carboxylic acids is 1. The average Bonchev–Trinajstić information content (AvgIpc) is 2.45. The van der Waals surface area contributed by atoms with Crippen molar-refractivity contribution in [3.63, 3.8) is 0 Å². The van der Waals surface area contributed by atoms with Gasteiger partial charge in [0.1, 0.15) is 5.75 Å². The number of ether oxygens (including phenoxy) is 3. The molecule has 0 heterocycles. The summed E-state index contributed by atoms with van der Waals surface area (Å²) in [5, 5.41) is 19.1. The molecule has 0 amide bonds. The molecule has 6 nitrogen and oxygen atoms in total. The zero-order chi connectivity index (χ0) is 15.3. The molecule has 0 spiro atoms. The van der Waals surface area contributed by atoms with Crippen LogP contribution in [0.1, 0.15) is 25.0 Å². The third-order valence-electron chi connectivity index (χ3n) is 3.09. The van der Waals surface area contributed by atoms with Crippen molar-refractivity contribution in [2.24, 2.45) is 5.92 Å². The number of aliphatic hydroxyl groups excluding tert-OH is 1. The normalized spacial score (nSPS) is 13.4. The highest BCUT2D eigenvalue weighted by Crippen LogP contribution is 2.38. The molecular weight excluding hydrogens is 264 g/mol. The molecule has 2 N–H and O–H groups in total. The summed E-state index contributed by atoms with van der Waals surface area (Å²) in [7, 11) is 4.46. The fraction of sp³-hybridized carbons (Fsp3) is 0.500. The van der Waals surface area contributed by atoms with Crippen molar-refractivity contribution in [2.75, 3.05) is 21.3 Å². The quantitative estimate of drug-likeness (QED) is 0.795. The second kappa shape index (κ2) is 7.00. The van der Waals surface area contributed by atoms with Gasteiger partial charge in [-0.1, -0.05) is 6.92 Å². The Morgan fingerprint density at radius 1 is 1.10 bits per heavy atom. The largest absolute Gasteiger partial charge is 0.496 e. The van der Waals surface area contributed by atoms with Crippen LogP contribution >= 0.6 is 0 Å². The first-order chi connectivity index (χ1) is 9.44. The number of hydrogen-bond acceptors (Lipinski definition) is 5. The maximum atomic E-state index is 10.9. The molecule has 112 valence electrons. The Kier molecular flexibility index (Phi) is 5.64. The van der Waals surface area contributed by atoms with Gasteiger partial charge in [-0.15, -0.1) is 0 Å². The number of aliphatic hydroxyl groups is 1. The van der Waals surface area contributed by atoms with Crippen molar-refractivity contribution in [2.45, 2.75) is 19.4 Å². The van der Waals surface area contributed by atoms with Crippen LogP contribution in [0.15, 0.2) is 12.1 Å². The molecule has 0 radical (unpaired) electrons. The highest BCUT2D eigenvalue weighted by atomic mass is 16.5. The van der Waals surface area contributed by atoms with E-state index < -0.39 is 18.0 Å². The number of methoxy groups -OCH3 is 3. The van der Waals surface area contributed by atoms with Gasteiger partial charge in [-0.3, -0.25) is 4.79 Å². The zero-order valence-corrected chi connectivity index (χ0v) is 12.0. The Morgan fingerprint density at radius 3 is 2.05 bits per heavy atom. The lowest BCUT2D eigenvalue weighted by molar-refractivity contribution is -0.142. The molecule has 0 aliphatic carbocycles. The summed E-state index contributed by atoms with van der Waals surface area (Å²) in [6.45, 7) is 1.54. The maximum Gasteiger partial charge on any atom is 0.306 e. The van der Waals surface area contributed by atoms with Crippen molar-refractivity contribution in [3.8, 4) is 17.2 Å². The van der Waals surface area contributed by atoms with E-state index in [1.54, 1.807) is 19.1 Å². The summed E-state index contributed by atoms with van der Waals surface area (Å²) < 4.78 is 15.5. The van der Waals surface area contributed by atoms with E-state index in [0.29, 0.717) is 22.8 Å². The van der Waals surface area contributed by atoms with E-state index in [2.05, 4.69) is 0 Å². The summed E-state index contributed by atoms with van der Waals surface area (Å²) in [6, 6.07) is 3.19. The first-order valence-corrected chi connectivity index (χ1v) is 6.15. The fourth-order valence-electron chi connectivity index (χ4n) is 1.88. The minimum absolute atomic E-state index is 0.0845. The molecule has 20 heavy (non-hydrogen) atoms. The van der Waals surface area contributed by atoms with Gasteiger partial charge >= 0.3 is 5.97 Å². The molecule has 0 fully saturated rings. The summed E-state index contributed by atoms with van der Waals surface area (Å²) in [4.78, 5) is 10.9. The third kappa shape index (κ3) is 3.54. The standard InChI is InChI=1S/C14H20O6/c1-8(14(16)17)5-10(15)9-6-12(19-3)13(20-4)7-11(9)18-2/h6-8,10,15H,5H2,1-4H3,(H,16,17). The number of carboxylic acid groups (broad SMARTS) is 1. The van der Waals surface area contributed by atoms with Crippen LogP contribution in [0.4, 0.5) is 0 Å². The van der Waals surface area contributed by atoms with E-state index in [4.69, 9.17) is 19.3 Å². The van der Waals surface area contributed by atoms with Gasteiger partial charge in [-0.05, 0) is 12.5 Å². The van der Waals surface area contributed by atoms with Gasteiger partial charge in [0.15, 0.2) is 11.5 Å². The van der Waals surface area contributed by atoms with Crippen LogP contribution in [-0.2, 0) is 4.79 Å². The summed E-state index contributed by atoms with van der Waals surface area (Å²) in [5.74, 6) is -0.268. The molecule has 0 aliphatic rings. The number of rotatable bonds is 7. The molecule has 1 aromatic carbocycles. The summed E-state index contributed by atoms with van der Waals surface area (Å²) in [5.41, 5.74) is 0.471. The third-order valence-corrected chi connectivity index (χ3v) is 3.09. The second-order valence-corrected chi connectivity index (χ2v) is 4.44. The van der Waals surface area contributed by atoms with Gasteiger partial charge in [-0.25, -0.2) is 0 Å². The van der Waals surface area contributed by atoms with Crippen LogP contribution in [0.5, 0.6) is 17.2 Å². The summed E-state index contributed by atoms with van der Waals surface area (Å²) in [6.07, 6.45) is -0.878. The van der Waals surface area contributed by atoms with E-state index in [0.717, 1.165) is 0 Å². The van der Waals surface area contributed by atoms with Crippen LogP contribution < -0.4 is 14.2 Å². The van der Waals surface area contributed by atoms with E-state index in [-0.39, 0.29) is 6.42 Å². The highest BCUT2D eigenvalue weighted by molar-refractivity contribution is 5.69. The fourth-order valence-corrected chi connectivity index (χ4v) is 1.88. The molecule has 1 rings (SSSR count). The Bertz CT molecular complexity index is 471. The molecule has 0 saturated heterocycles. The van der Waals surface area contributed by atoms with Crippen LogP contribution in [0.3, 0.4) is 0 Å². The van der Waals surface area contributed by atoms with Gasteiger partial charge in [0.2, 0.25) is 0 Å². The van der Waals surface area contributed by atoms with E-state index in [1.165, 1.54) is 21.3 Å². The Balaban J connectivity index is 3.12. The highest BCUT2D eigenvalue weighted by Gasteiger charge is 2.22. The second-order valence-electron chi connectivity index (χ2n) is 4.44. The number of carbonyl (C=O) groups is 1. The Hall–Kier alpha value is -1.95. The number of carboxylic acids is 1. The van der Waals surface area contributed by atoms with Gasteiger partial charge in [-0.2, -0.15) is 0 Å². The van der Waals surface area contributed by atoms with Crippen LogP contribution in [0.25, 0.3) is 0 Å². The minimum atomic E-state index is -0.962. The molecule has 2 unspecified atom stereocenters. The van der Waals surface area contributed by atoms with E-state index >= 15 is 0 Å². The molecule has 6 heteroatoms. The zero-order valence-electron chi connectivity index (χ0n) is 12.0. The van der Waals surface area contributed by atoms with Crippen molar-refractivity contribution in [1.29, 1.82) is 0 Å². The van der Waals surface area contributed by atoms with Crippen molar-refractivity contribution in [3.05, 3.63) is 17.7 Å². The van der Waals surface area contributed by atoms with Gasteiger partial charge in [0.05, 0.1) is 33.4 Å². The van der Waals surface area contributed by atoms with Gasteiger partial charge in [0, 0.05) is 11.6 Å². The minimum Gasteiger partial charge on any atom is -0.496 e. The van der Waals surface area contributed by atoms with Crippen LogP contribution in [-0.4, -0.2) is 37.5 Å². The maximum absolute atomic E-state index is 10.9. The Labute approximate surface area is 117 Å². The van der Waals surface area contributed by atoms with Crippen molar-refractivity contribution in [1.82, 2.24) is 0 Å². The average molecular weight is 284 g/mol. The van der Waals surface area contributed by atoms with Crippen molar-refractivity contribution < 1.29 is 29.2 Å². The topological polar surface area (TPSA) is 85.2 Å². The van der Waals surface area contributed by atoms with E-state index in [9.17, 15) is 9.90 Å². The molecule has 0 bridgehead atoms. The van der Waals surface area contributed by atoms with E-state index in [1.807, 2.05) is 0 Å². The van der Waals surface area contributed by atoms with Crippen molar-refractivity contribution >= 4 is 5.97 Å². The summed E-state index contributed by atoms with van der Waals surface area (Å²) >= 11 is 0. The lowest BCUT2D eigenvalue weighted by Crippen LogP contribution is -2.14. The van der Waals surface area contributed by atoms with Crippen LogP contribution in [0, 0.1) is 5.92 Å². The van der Waals surface area contributed by atoms with Gasteiger partial charge < -0.3 is 24.4 Å². The lowest BCUT2D eigenvalue weighted by atomic mass is 9.97. The molecular formula is C14H20O6. The smallest absolute Gasteiger partial charge is 0.306 e. The first-order valence-electron chi connectivity index (χ1n) is 6.15. The monoisotopic (exact) mass is 284 g/mol. The molecule has 0 aromatic heterocycles. The predicted molar refractivity (Wildman–Crippen MR) is 72.5 cm³/mol. The molecule has 0 aliphatic heterocycles. The Morgan fingerprint density at radius 2 is 1.60 bits per heavy atom. The first kappa shape index (κ1) is 16.1. The van der Waals surface area contributed by atoms with Gasteiger partial charge in [0.25, 0.3) is 0 Å². The number of hydrogen-bond donors (Lipinski definition) is 2. The molecule has 1 aromatic rings. The molecule has 0 saturated carbocycles. The number of benzene rings is 1. The van der Waals surface area contributed by atoms with Crippen LogP contribution in [0.2, 0.25) is 0 Å². The predicted octanol–water partition coefficient (Wildman–Crippen LogP) is 1.86.